The molecule has 2 aromatic rings. The Bertz CT molecular complexity index is 1410. The van der Waals surface area contributed by atoms with Crippen molar-refractivity contribution in [2.24, 2.45) is 56.6 Å². The van der Waals surface area contributed by atoms with Crippen molar-refractivity contribution in [2.75, 3.05) is 7.11 Å². The highest BCUT2D eigenvalue weighted by atomic mass is 16.5. The lowest BCUT2D eigenvalue weighted by Gasteiger charge is -2.58. The molecule has 0 bridgehead atoms. The van der Waals surface area contributed by atoms with Crippen LogP contribution in [0.2, 0.25) is 0 Å². The molecule has 0 saturated heterocycles. The van der Waals surface area contributed by atoms with Gasteiger partial charge >= 0.3 is 5.97 Å². The van der Waals surface area contributed by atoms with Crippen molar-refractivity contribution in [2.45, 2.75) is 111 Å². The van der Waals surface area contributed by atoms with E-state index in [1.165, 1.54) is 51.4 Å². The summed E-state index contributed by atoms with van der Waals surface area (Å²) in [5, 5.41) is 8.60. The average Bonchev–Trinajstić information content (AvgIpc) is 3.41. The number of carbonyl (C=O) groups excluding carboxylic acids is 1. The predicted octanol–water partition coefficient (Wildman–Crippen LogP) is 11.7. The molecule has 0 aromatic heterocycles. The maximum Gasteiger partial charge on any atom is 0.338 e. The van der Waals surface area contributed by atoms with E-state index >= 15 is 0 Å². The van der Waals surface area contributed by atoms with E-state index in [1.807, 2.05) is 36.4 Å². The number of hydrogen-bond donors (Lipinski definition) is 0. The van der Waals surface area contributed by atoms with Crippen molar-refractivity contribution in [1.82, 2.24) is 0 Å². The van der Waals surface area contributed by atoms with Crippen molar-refractivity contribution < 1.29 is 14.3 Å². The fraction of sp³-hybridized carbons (Fsp3) is 0.634. The molecule has 46 heavy (non-hydrogen) atoms. The third kappa shape index (κ3) is 6.58. The largest absolute Gasteiger partial charge is 0.497 e. The van der Waals surface area contributed by atoms with E-state index in [0.717, 1.165) is 66.2 Å². The van der Waals surface area contributed by atoms with Crippen LogP contribution in [0.25, 0.3) is 0 Å². The standard InChI is InChI=1S/C41H56N2O3/c1-27(2)8-7-9-28(3)36-20-21-37-35-19-12-30-26-34(22-24-40(30,4)38(35)23-25-41(36,37)5)46-39(44)29-10-13-31(14-11-29)42-43-32-15-17-33(45-6)18-16-32/h10-18,27-28,34-38H,7-9,19-26H2,1-6H3/t28-,34?,35+,36-,37+,38+,40+,41-/m1/s1. The van der Waals surface area contributed by atoms with Crippen LogP contribution >= 0.6 is 0 Å². The van der Waals surface area contributed by atoms with Crippen LogP contribution in [0.4, 0.5) is 11.4 Å². The SMILES string of the molecule is COc1ccc(N=Nc2ccc(C(=O)OC3CC[C@@]4(C)C(=CC[C@H]5[C@@H]6CC[C@H]([C@H](C)CCCC(C)C)[C@@]6(C)CC[C@@H]54)C3)cc2)cc1. The third-order valence-corrected chi connectivity index (χ3v) is 13.0. The first kappa shape index (κ1) is 33.0. The van der Waals surface area contributed by atoms with Gasteiger partial charge in [0.1, 0.15) is 11.9 Å². The monoisotopic (exact) mass is 624 g/mol. The Kier molecular flexibility index (Phi) is 9.78. The number of rotatable bonds is 10. The van der Waals surface area contributed by atoms with Gasteiger partial charge in [0.15, 0.2) is 0 Å². The predicted molar refractivity (Wildman–Crippen MR) is 186 cm³/mol. The molecule has 4 aliphatic rings. The summed E-state index contributed by atoms with van der Waals surface area (Å²) in [6.45, 7) is 12.5. The molecule has 5 heteroatoms. The second-order valence-electron chi connectivity index (χ2n) is 16.0. The molecule has 0 N–H and O–H groups in total. The first-order chi connectivity index (χ1) is 22.1. The van der Waals surface area contributed by atoms with Crippen molar-refractivity contribution in [3.05, 3.63) is 65.7 Å². The molecule has 0 radical (unpaired) electrons. The van der Waals surface area contributed by atoms with Crippen LogP contribution in [0.3, 0.4) is 0 Å². The third-order valence-electron chi connectivity index (χ3n) is 13.0. The van der Waals surface area contributed by atoms with E-state index in [1.54, 1.807) is 24.8 Å². The van der Waals surface area contributed by atoms with Gasteiger partial charge in [-0.3, -0.25) is 0 Å². The number of allylic oxidation sites excluding steroid dienone is 1. The number of methoxy groups -OCH3 is 1. The van der Waals surface area contributed by atoms with Gasteiger partial charge in [-0.25, -0.2) is 4.79 Å². The van der Waals surface area contributed by atoms with Crippen LogP contribution in [0, 0.1) is 46.3 Å². The number of esters is 1. The van der Waals surface area contributed by atoms with E-state index in [9.17, 15) is 4.79 Å². The molecule has 6 rings (SSSR count). The van der Waals surface area contributed by atoms with Gasteiger partial charge in [0.2, 0.25) is 0 Å². The van der Waals surface area contributed by atoms with Crippen molar-refractivity contribution in [1.29, 1.82) is 0 Å². The number of fused-ring (bicyclic) bond motifs is 5. The number of benzene rings is 2. The van der Waals surface area contributed by atoms with Gasteiger partial charge in [0.25, 0.3) is 0 Å². The smallest absolute Gasteiger partial charge is 0.338 e. The fourth-order valence-corrected chi connectivity index (χ4v) is 10.4. The van der Waals surface area contributed by atoms with Gasteiger partial charge in [0.05, 0.1) is 24.0 Å². The Morgan fingerprint density at radius 2 is 1.57 bits per heavy atom. The van der Waals surface area contributed by atoms with Gasteiger partial charge < -0.3 is 9.47 Å². The van der Waals surface area contributed by atoms with Gasteiger partial charge in [0, 0.05) is 6.42 Å². The Labute approximate surface area is 277 Å². The topological polar surface area (TPSA) is 60.2 Å². The lowest BCUT2D eigenvalue weighted by atomic mass is 9.47. The van der Waals surface area contributed by atoms with Gasteiger partial charge in [-0.2, -0.15) is 10.2 Å². The first-order valence-electron chi connectivity index (χ1n) is 18.2. The van der Waals surface area contributed by atoms with E-state index in [2.05, 4.69) is 50.9 Å². The number of nitrogens with zero attached hydrogens (tertiary/aromatic N) is 2. The van der Waals surface area contributed by atoms with Gasteiger partial charge in [-0.05, 0) is 140 Å². The van der Waals surface area contributed by atoms with E-state index in [4.69, 9.17) is 9.47 Å². The minimum Gasteiger partial charge on any atom is -0.497 e. The van der Waals surface area contributed by atoms with Crippen LogP contribution in [-0.2, 0) is 4.74 Å². The quantitative estimate of drug-likeness (QED) is 0.150. The molecule has 0 aliphatic heterocycles. The normalized spacial score (nSPS) is 32.8. The molecular weight excluding hydrogens is 568 g/mol. The van der Waals surface area contributed by atoms with Gasteiger partial charge in [-0.1, -0.05) is 65.5 Å². The summed E-state index contributed by atoms with van der Waals surface area (Å²) in [6.07, 6.45) is 16.5. The molecule has 248 valence electrons. The summed E-state index contributed by atoms with van der Waals surface area (Å²) in [7, 11) is 1.64. The van der Waals surface area contributed by atoms with Crippen LogP contribution in [-0.4, -0.2) is 19.2 Å². The fourth-order valence-electron chi connectivity index (χ4n) is 10.4. The molecule has 1 unspecified atom stereocenters. The number of carbonyl (C=O) groups is 1. The van der Waals surface area contributed by atoms with E-state index in [-0.39, 0.29) is 17.5 Å². The van der Waals surface area contributed by atoms with Crippen molar-refractivity contribution in [3.8, 4) is 5.75 Å². The minimum absolute atomic E-state index is 0.0470. The zero-order valence-electron chi connectivity index (χ0n) is 29.1. The molecule has 4 aliphatic carbocycles. The molecule has 0 spiro atoms. The Balaban J connectivity index is 1.05. The number of ether oxygens (including phenoxy) is 2. The lowest BCUT2D eigenvalue weighted by Crippen LogP contribution is -2.51. The summed E-state index contributed by atoms with van der Waals surface area (Å²) in [6, 6.07) is 14.7. The van der Waals surface area contributed by atoms with E-state index in [0.29, 0.717) is 16.7 Å². The maximum absolute atomic E-state index is 13.2. The van der Waals surface area contributed by atoms with Crippen LogP contribution < -0.4 is 4.74 Å². The molecule has 0 amide bonds. The van der Waals surface area contributed by atoms with Crippen molar-refractivity contribution in [3.63, 3.8) is 0 Å². The summed E-state index contributed by atoms with van der Waals surface area (Å²) < 4.78 is 11.3. The average molecular weight is 625 g/mol. The second-order valence-corrected chi connectivity index (χ2v) is 16.0. The number of hydrogen-bond acceptors (Lipinski definition) is 5. The second kappa shape index (κ2) is 13.6. The molecule has 2 aromatic carbocycles. The van der Waals surface area contributed by atoms with Crippen LogP contribution in [0.1, 0.15) is 116 Å². The molecule has 8 atom stereocenters. The summed E-state index contributed by atoms with van der Waals surface area (Å²) in [5.74, 6) is 5.56. The summed E-state index contributed by atoms with van der Waals surface area (Å²) in [4.78, 5) is 13.2. The molecule has 0 heterocycles. The van der Waals surface area contributed by atoms with Crippen LogP contribution in [0.15, 0.2) is 70.4 Å². The van der Waals surface area contributed by atoms with E-state index < -0.39 is 0 Å². The first-order valence-corrected chi connectivity index (χ1v) is 18.2. The Morgan fingerprint density at radius 1 is 0.870 bits per heavy atom. The molecule has 3 fully saturated rings. The minimum atomic E-state index is -0.241. The van der Waals surface area contributed by atoms with Crippen LogP contribution in [0.5, 0.6) is 5.75 Å². The van der Waals surface area contributed by atoms with Gasteiger partial charge in [-0.15, -0.1) is 0 Å². The van der Waals surface area contributed by atoms with Crippen molar-refractivity contribution >= 4 is 17.3 Å². The summed E-state index contributed by atoms with van der Waals surface area (Å²) in [5.41, 5.74) is 4.33. The molecule has 3 saturated carbocycles. The molecular formula is C41H56N2O3. The Morgan fingerprint density at radius 3 is 2.24 bits per heavy atom. The highest BCUT2D eigenvalue weighted by Gasteiger charge is 2.59. The highest BCUT2D eigenvalue weighted by molar-refractivity contribution is 5.89. The molecule has 5 nitrogen and oxygen atoms in total. The maximum atomic E-state index is 13.2. The lowest BCUT2D eigenvalue weighted by molar-refractivity contribution is -0.0594. The number of azo groups is 1. The zero-order chi connectivity index (χ0) is 32.5. The highest BCUT2D eigenvalue weighted by Crippen LogP contribution is 2.67. The Hall–Kier alpha value is -2.95. The summed E-state index contributed by atoms with van der Waals surface area (Å²) >= 11 is 0. The zero-order valence-corrected chi connectivity index (χ0v) is 29.1.